The lowest BCUT2D eigenvalue weighted by molar-refractivity contribution is 0.172. The van der Waals surface area contributed by atoms with E-state index in [2.05, 4.69) is 27.3 Å². The lowest BCUT2D eigenvalue weighted by Gasteiger charge is -2.31. The Balaban J connectivity index is 1.72. The molecule has 1 aliphatic heterocycles. The Bertz CT molecular complexity index is 305. The maximum Gasteiger partial charge on any atom is 0.0271 e. The van der Waals surface area contributed by atoms with Crippen LogP contribution in [-0.4, -0.2) is 36.6 Å². The average molecular weight is 233 g/mol. The van der Waals surface area contributed by atoms with Gasteiger partial charge in [-0.2, -0.15) is 0 Å². The van der Waals surface area contributed by atoms with Crippen LogP contribution in [0.25, 0.3) is 0 Å². The quantitative estimate of drug-likeness (QED) is 0.842. The zero-order chi connectivity index (χ0) is 11.9. The third-order valence-corrected chi connectivity index (χ3v) is 3.67. The fourth-order valence-corrected chi connectivity index (χ4v) is 2.53. The monoisotopic (exact) mass is 233 g/mol. The molecule has 0 amide bonds. The molecule has 0 radical (unpaired) electrons. The summed E-state index contributed by atoms with van der Waals surface area (Å²) in [6.45, 7) is 4.74. The Morgan fingerprint density at radius 2 is 2.00 bits per heavy atom. The highest BCUT2D eigenvalue weighted by Gasteiger charge is 2.18. The van der Waals surface area contributed by atoms with Crippen molar-refractivity contribution in [2.24, 2.45) is 5.92 Å². The standard InChI is InChI=1S/C14H23N3/c1-15-7-2-13-5-10-17(11-6-13)12-14-3-8-16-9-4-14/h3-4,8-9,13,15H,2,5-7,10-12H2,1H3. The molecule has 1 aliphatic rings. The van der Waals surface area contributed by atoms with E-state index >= 15 is 0 Å². The van der Waals surface area contributed by atoms with Gasteiger partial charge in [-0.15, -0.1) is 0 Å². The lowest BCUT2D eigenvalue weighted by Crippen LogP contribution is -2.34. The van der Waals surface area contributed by atoms with Gasteiger partial charge in [-0.3, -0.25) is 9.88 Å². The summed E-state index contributed by atoms with van der Waals surface area (Å²) in [6.07, 6.45) is 7.81. The first-order valence-corrected chi connectivity index (χ1v) is 6.64. The first-order chi connectivity index (χ1) is 8.38. The number of rotatable bonds is 5. The normalized spacial score (nSPS) is 18.4. The van der Waals surface area contributed by atoms with E-state index in [9.17, 15) is 0 Å². The number of nitrogens with one attached hydrogen (secondary N) is 1. The van der Waals surface area contributed by atoms with Crippen LogP contribution in [-0.2, 0) is 6.54 Å². The van der Waals surface area contributed by atoms with Crippen molar-refractivity contribution in [1.82, 2.24) is 15.2 Å². The molecule has 94 valence electrons. The minimum atomic E-state index is 0.927. The number of hydrogen-bond acceptors (Lipinski definition) is 3. The van der Waals surface area contributed by atoms with E-state index in [1.54, 1.807) is 0 Å². The third-order valence-electron chi connectivity index (χ3n) is 3.67. The number of aromatic nitrogens is 1. The third kappa shape index (κ3) is 4.10. The molecular weight excluding hydrogens is 210 g/mol. The van der Waals surface area contributed by atoms with Gasteiger partial charge in [0.15, 0.2) is 0 Å². The zero-order valence-corrected chi connectivity index (χ0v) is 10.7. The van der Waals surface area contributed by atoms with E-state index in [0.717, 1.165) is 19.0 Å². The summed E-state index contributed by atoms with van der Waals surface area (Å²) in [4.78, 5) is 6.62. The number of nitrogens with zero attached hydrogens (tertiary/aromatic N) is 2. The Labute approximate surface area is 104 Å². The molecular formula is C14H23N3. The molecule has 17 heavy (non-hydrogen) atoms. The van der Waals surface area contributed by atoms with Crippen molar-refractivity contribution in [3.8, 4) is 0 Å². The molecule has 0 saturated carbocycles. The summed E-state index contributed by atoms with van der Waals surface area (Å²) < 4.78 is 0. The lowest BCUT2D eigenvalue weighted by atomic mass is 9.93. The van der Waals surface area contributed by atoms with Crippen molar-refractivity contribution in [2.45, 2.75) is 25.8 Å². The van der Waals surface area contributed by atoms with E-state index in [1.807, 2.05) is 19.4 Å². The molecule has 0 atom stereocenters. The zero-order valence-electron chi connectivity index (χ0n) is 10.7. The number of hydrogen-bond donors (Lipinski definition) is 1. The smallest absolute Gasteiger partial charge is 0.0271 e. The van der Waals surface area contributed by atoms with Gasteiger partial charge in [0.1, 0.15) is 0 Å². The first-order valence-electron chi connectivity index (χ1n) is 6.64. The molecule has 1 aromatic heterocycles. The topological polar surface area (TPSA) is 28.2 Å². The van der Waals surface area contributed by atoms with Gasteiger partial charge in [0, 0.05) is 18.9 Å². The van der Waals surface area contributed by atoms with Crippen molar-refractivity contribution >= 4 is 0 Å². The van der Waals surface area contributed by atoms with Gasteiger partial charge in [0.05, 0.1) is 0 Å². The Morgan fingerprint density at radius 1 is 1.29 bits per heavy atom. The average Bonchev–Trinajstić information content (AvgIpc) is 2.39. The van der Waals surface area contributed by atoms with E-state index in [1.165, 1.54) is 37.9 Å². The Hall–Kier alpha value is -0.930. The number of likely N-dealkylation sites (tertiary alicyclic amines) is 1. The second kappa shape index (κ2) is 6.72. The van der Waals surface area contributed by atoms with Crippen LogP contribution < -0.4 is 5.32 Å². The van der Waals surface area contributed by atoms with Gasteiger partial charge < -0.3 is 5.32 Å². The summed E-state index contributed by atoms with van der Waals surface area (Å²) in [5.41, 5.74) is 1.38. The highest BCUT2D eigenvalue weighted by molar-refractivity contribution is 5.09. The molecule has 0 aliphatic carbocycles. The number of pyridine rings is 1. The summed E-state index contributed by atoms with van der Waals surface area (Å²) in [5.74, 6) is 0.927. The van der Waals surface area contributed by atoms with Gasteiger partial charge in [-0.25, -0.2) is 0 Å². The molecule has 1 saturated heterocycles. The largest absolute Gasteiger partial charge is 0.320 e. The second-order valence-electron chi connectivity index (χ2n) is 4.97. The summed E-state index contributed by atoms with van der Waals surface area (Å²) in [6, 6.07) is 4.24. The van der Waals surface area contributed by atoms with Crippen LogP contribution in [0.5, 0.6) is 0 Å². The summed E-state index contributed by atoms with van der Waals surface area (Å²) >= 11 is 0. The Kier molecular flexibility index (Phi) is 4.95. The van der Waals surface area contributed by atoms with Crippen molar-refractivity contribution < 1.29 is 0 Å². The van der Waals surface area contributed by atoms with Gasteiger partial charge in [0.2, 0.25) is 0 Å². The van der Waals surface area contributed by atoms with Gasteiger partial charge in [0.25, 0.3) is 0 Å². The predicted molar refractivity (Wildman–Crippen MR) is 70.8 cm³/mol. The van der Waals surface area contributed by atoms with E-state index in [4.69, 9.17) is 0 Å². The SMILES string of the molecule is CNCCC1CCN(Cc2ccncc2)CC1. The maximum absolute atomic E-state index is 4.06. The molecule has 3 heteroatoms. The van der Waals surface area contributed by atoms with Gasteiger partial charge in [-0.05, 0) is 69.6 Å². The van der Waals surface area contributed by atoms with Crippen molar-refractivity contribution in [1.29, 1.82) is 0 Å². The molecule has 1 N–H and O–H groups in total. The minimum Gasteiger partial charge on any atom is -0.320 e. The van der Waals surface area contributed by atoms with Crippen molar-refractivity contribution in [3.05, 3.63) is 30.1 Å². The first kappa shape index (κ1) is 12.5. The van der Waals surface area contributed by atoms with Crippen LogP contribution >= 0.6 is 0 Å². The summed E-state index contributed by atoms with van der Waals surface area (Å²) in [5, 5.41) is 3.25. The maximum atomic E-state index is 4.06. The molecule has 2 heterocycles. The van der Waals surface area contributed by atoms with Gasteiger partial charge in [-0.1, -0.05) is 0 Å². The van der Waals surface area contributed by atoms with Crippen LogP contribution in [0.15, 0.2) is 24.5 Å². The fraction of sp³-hybridized carbons (Fsp3) is 0.643. The summed E-state index contributed by atoms with van der Waals surface area (Å²) in [7, 11) is 2.04. The van der Waals surface area contributed by atoms with Crippen LogP contribution in [0.3, 0.4) is 0 Å². The van der Waals surface area contributed by atoms with Gasteiger partial charge >= 0.3 is 0 Å². The highest BCUT2D eigenvalue weighted by atomic mass is 15.1. The molecule has 2 rings (SSSR count). The Morgan fingerprint density at radius 3 is 2.65 bits per heavy atom. The van der Waals surface area contributed by atoms with E-state index < -0.39 is 0 Å². The van der Waals surface area contributed by atoms with Crippen LogP contribution in [0, 0.1) is 5.92 Å². The molecule has 1 aromatic rings. The van der Waals surface area contributed by atoms with Crippen molar-refractivity contribution in [3.63, 3.8) is 0 Å². The highest BCUT2D eigenvalue weighted by Crippen LogP contribution is 2.21. The van der Waals surface area contributed by atoms with Crippen LogP contribution in [0.4, 0.5) is 0 Å². The molecule has 1 fully saturated rings. The molecule has 3 nitrogen and oxygen atoms in total. The van der Waals surface area contributed by atoms with E-state index in [-0.39, 0.29) is 0 Å². The van der Waals surface area contributed by atoms with Crippen LogP contribution in [0.2, 0.25) is 0 Å². The number of piperidine rings is 1. The predicted octanol–water partition coefficient (Wildman–Crippen LogP) is 1.90. The van der Waals surface area contributed by atoms with Crippen molar-refractivity contribution in [2.75, 3.05) is 26.7 Å². The van der Waals surface area contributed by atoms with Crippen LogP contribution in [0.1, 0.15) is 24.8 Å². The molecule has 0 spiro atoms. The second-order valence-corrected chi connectivity index (χ2v) is 4.97. The van der Waals surface area contributed by atoms with E-state index in [0.29, 0.717) is 0 Å². The molecule has 0 aromatic carbocycles. The molecule has 0 bridgehead atoms. The fourth-order valence-electron chi connectivity index (χ4n) is 2.53. The minimum absolute atomic E-state index is 0.927. The molecule has 0 unspecified atom stereocenters.